The molecule has 8 nitrogen and oxygen atoms in total. The summed E-state index contributed by atoms with van der Waals surface area (Å²) in [5.74, 6) is 0.679. The fraction of sp³-hybridized carbons (Fsp3) is 0.353. The minimum atomic E-state index is -0.138. The van der Waals surface area contributed by atoms with Crippen molar-refractivity contribution in [2.45, 2.75) is 12.8 Å². The zero-order chi connectivity index (χ0) is 17.2. The van der Waals surface area contributed by atoms with Crippen molar-refractivity contribution in [3.05, 3.63) is 24.7 Å². The number of amides is 1. The second-order valence-corrected chi connectivity index (χ2v) is 6.15. The van der Waals surface area contributed by atoms with Crippen LogP contribution in [0.25, 0.3) is 21.8 Å². The fourth-order valence-electron chi connectivity index (χ4n) is 3.45. The summed E-state index contributed by atoms with van der Waals surface area (Å²) in [7, 11) is 0. The average Bonchev–Trinajstić information content (AvgIpc) is 3.14. The molecule has 1 fully saturated rings. The highest BCUT2D eigenvalue weighted by atomic mass is 16.1. The highest BCUT2D eigenvalue weighted by Crippen LogP contribution is 2.32. The van der Waals surface area contributed by atoms with E-state index in [0.29, 0.717) is 12.2 Å². The number of nitrogens with one attached hydrogen (secondary N) is 2. The number of aromatic nitrogens is 4. The number of fused-ring (bicyclic) bond motifs is 3. The van der Waals surface area contributed by atoms with E-state index in [4.69, 9.17) is 5.26 Å². The minimum absolute atomic E-state index is 0.0444. The Morgan fingerprint density at radius 3 is 3.24 bits per heavy atom. The lowest BCUT2D eigenvalue weighted by molar-refractivity contribution is -0.125. The van der Waals surface area contributed by atoms with E-state index in [1.807, 2.05) is 12.1 Å². The molecule has 25 heavy (non-hydrogen) atoms. The van der Waals surface area contributed by atoms with E-state index < -0.39 is 0 Å². The molecule has 126 valence electrons. The lowest BCUT2D eigenvalue weighted by Crippen LogP contribution is -2.43. The van der Waals surface area contributed by atoms with E-state index >= 15 is 0 Å². The van der Waals surface area contributed by atoms with E-state index in [0.717, 1.165) is 41.4 Å². The molecule has 1 unspecified atom stereocenters. The number of nitriles is 1. The Kier molecular flexibility index (Phi) is 3.90. The van der Waals surface area contributed by atoms with Gasteiger partial charge in [0.25, 0.3) is 0 Å². The first-order chi connectivity index (χ1) is 12.3. The number of anilines is 1. The van der Waals surface area contributed by atoms with Crippen LogP contribution in [0.1, 0.15) is 12.8 Å². The standard InChI is InChI=1S/C17H17N7O/c18-4-6-20-17(25)11-2-1-7-24(10-11)16-14-12(9-22-23-16)8-21-15-13(14)3-5-19-15/h3,5,8-9,11,23H,1-2,6-7,10H2,(H,20,25). The summed E-state index contributed by atoms with van der Waals surface area (Å²) in [5, 5.41) is 21.6. The van der Waals surface area contributed by atoms with Crippen LogP contribution in [0.4, 0.5) is 5.82 Å². The van der Waals surface area contributed by atoms with E-state index in [1.165, 1.54) is 0 Å². The highest BCUT2D eigenvalue weighted by molar-refractivity contribution is 6.10. The van der Waals surface area contributed by atoms with Crippen LogP contribution in [-0.4, -0.2) is 45.7 Å². The summed E-state index contributed by atoms with van der Waals surface area (Å²) in [6, 6.07) is 3.89. The van der Waals surface area contributed by atoms with E-state index in [9.17, 15) is 4.79 Å². The molecule has 1 amide bonds. The van der Waals surface area contributed by atoms with Crippen molar-refractivity contribution >= 4 is 33.5 Å². The van der Waals surface area contributed by atoms with Gasteiger partial charge in [-0.3, -0.25) is 9.89 Å². The second-order valence-electron chi connectivity index (χ2n) is 6.15. The quantitative estimate of drug-likeness (QED) is 0.699. The lowest BCUT2D eigenvalue weighted by Gasteiger charge is -2.33. The van der Waals surface area contributed by atoms with Gasteiger partial charge in [-0.25, -0.2) is 9.97 Å². The molecule has 1 aliphatic heterocycles. The van der Waals surface area contributed by atoms with Gasteiger partial charge in [0, 0.05) is 41.6 Å². The van der Waals surface area contributed by atoms with E-state index in [2.05, 4.69) is 30.4 Å². The summed E-state index contributed by atoms with van der Waals surface area (Å²) >= 11 is 0. The van der Waals surface area contributed by atoms with Gasteiger partial charge in [0.05, 0.1) is 18.2 Å². The first-order valence-corrected chi connectivity index (χ1v) is 8.24. The zero-order valence-corrected chi connectivity index (χ0v) is 13.6. The normalized spacial score (nSPS) is 17.6. The Morgan fingerprint density at radius 1 is 1.44 bits per heavy atom. The molecule has 3 aromatic rings. The van der Waals surface area contributed by atoms with Crippen LogP contribution in [0.2, 0.25) is 0 Å². The predicted molar refractivity (Wildman–Crippen MR) is 92.7 cm³/mol. The van der Waals surface area contributed by atoms with Crippen LogP contribution in [-0.2, 0) is 4.79 Å². The molecule has 0 aliphatic carbocycles. The molecule has 1 atom stereocenters. The summed E-state index contributed by atoms with van der Waals surface area (Å²) in [5.41, 5.74) is 0.702. The van der Waals surface area contributed by atoms with Gasteiger partial charge in [0.1, 0.15) is 12.4 Å². The van der Waals surface area contributed by atoms with Crippen LogP contribution < -0.4 is 10.2 Å². The third-order valence-corrected chi connectivity index (χ3v) is 4.62. The first-order valence-electron chi connectivity index (χ1n) is 8.24. The van der Waals surface area contributed by atoms with Gasteiger partial charge in [-0.05, 0) is 18.9 Å². The van der Waals surface area contributed by atoms with Crippen molar-refractivity contribution in [1.29, 1.82) is 5.26 Å². The molecule has 0 bridgehead atoms. The molecule has 0 saturated carbocycles. The molecule has 4 rings (SSSR count). The van der Waals surface area contributed by atoms with Crippen molar-refractivity contribution in [3.8, 4) is 6.07 Å². The van der Waals surface area contributed by atoms with Gasteiger partial charge in [-0.2, -0.15) is 10.4 Å². The first kappa shape index (κ1) is 15.3. The Hall–Kier alpha value is -3.21. The molecule has 0 spiro atoms. The van der Waals surface area contributed by atoms with Gasteiger partial charge in [0.2, 0.25) is 5.91 Å². The number of carbonyl (C=O) groups excluding carboxylic acids is 1. The number of hydrogen-bond acceptors (Lipinski definition) is 6. The Bertz CT molecular complexity index is 974. The zero-order valence-electron chi connectivity index (χ0n) is 13.6. The Labute approximate surface area is 143 Å². The number of hydrogen-bond donors (Lipinski definition) is 2. The topological polar surface area (TPSA) is 111 Å². The van der Waals surface area contributed by atoms with Crippen LogP contribution in [0, 0.1) is 17.2 Å². The second kappa shape index (κ2) is 6.36. The highest BCUT2D eigenvalue weighted by Gasteiger charge is 2.27. The molecule has 4 heterocycles. The SMILES string of the molecule is N#CCNC(=O)C1CCCN(c2[nH]ncc3cnc4nccc4c23)C1. The number of pyridine rings is 1. The number of nitrogens with zero attached hydrogens (tertiary/aromatic N) is 5. The van der Waals surface area contributed by atoms with Gasteiger partial charge in [0.15, 0.2) is 5.65 Å². The average molecular weight is 335 g/mol. The lowest BCUT2D eigenvalue weighted by atomic mass is 9.96. The Morgan fingerprint density at radius 2 is 2.36 bits per heavy atom. The molecular weight excluding hydrogens is 318 g/mol. The number of H-pyrrole nitrogens is 1. The van der Waals surface area contributed by atoms with Crippen molar-refractivity contribution in [1.82, 2.24) is 25.5 Å². The van der Waals surface area contributed by atoms with Crippen molar-refractivity contribution in [2.24, 2.45) is 5.92 Å². The van der Waals surface area contributed by atoms with Crippen LogP contribution in [0.15, 0.2) is 24.7 Å². The summed E-state index contributed by atoms with van der Waals surface area (Å²) in [4.78, 5) is 23.0. The summed E-state index contributed by atoms with van der Waals surface area (Å²) in [6.07, 6.45) is 6.99. The third-order valence-electron chi connectivity index (χ3n) is 4.62. The number of piperidine rings is 1. The third kappa shape index (κ3) is 2.74. The van der Waals surface area contributed by atoms with Gasteiger partial charge < -0.3 is 10.2 Å². The van der Waals surface area contributed by atoms with Crippen molar-refractivity contribution < 1.29 is 4.79 Å². The maximum atomic E-state index is 12.2. The van der Waals surface area contributed by atoms with Crippen LogP contribution >= 0.6 is 0 Å². The van der Waals surface area contributed by atoms with Gasteiger partial charge in [-0.15, -0.1) is 0 Å². The van der Waals surface area contributed by atoms with Gasteiger partial charge in [-0.1, -0.05) is 0 Å². The number of aromatic amines is 1. The van der Waals surface area contributed by atoms with Crippen molar-refractivity contribution in [3.63, 3.8) is 0 Å². The van der Waals surface area contributed by atoms with Crippen LogP contribution in [0.3, 0.4) is 0 Å². The maximum absolute atomic E-state index is 12.2. The molecule has 1 saturated heterocycles. The van der Waals surface area contributed by atoms with Crippen LogP contribution in [0.5, 0.6) is 0 Å². The fourth-order valence-corrected chi connectivity index (χ4v) is 3.45. The number of rotatable bonds is 3. The molecule has 0 aromatic carbocycles. The monoisotopic (exact) mass is 335 g/mol. The predicted octanol–water partition coefficient (Wildman–Crippen LogP) is 1.36. The molecule has 2 N–H and O–H groups in total. The molecule has 1 aliphatic rings. The van der Waals surface area contributed by atoms with Gasteiger partial charge >= 0.3 is 0 Å². The largest absolute Gasteiger partial charge is 0.356 e. The van der Waals surface area contributed by atoms with Crippen molar-refractivity contribution in [2.75, 3.05) is 24.5 Å². The molecule has 0 radical (unpaired) electrons. The molecule has 8 heteroatoms. The molecular formula is C17H17N7O. The van der Waals surface area contributed by atoms with E-state index in [1.54, 1.807) is 18.6 Å². The minimum Gasteiger partial charge on any atom is -0.356 e. The summed E-state index contributed by atoms with van der Waals surface area (Å²) < 4.78 is 0. The number of carbonyl (C=O) groups is 1. The summed E-state index contributed by atoms with van der Waals surface area (Å²) in [6.45, 7) is 1.48. The smallest absolute Gasteiger partial charge is 0.225 e. The molecule has 3 aromatic heterocycles. The maximum Gasteiger partial charge on any atom is 0.225 e. The Balaban J connectivity index is 1.70. The van der Waals surface area contributed by atoms with E-state index in [-0.39, 0.29) is 18.4 Å².